The minimum absolute atomic E-state index is 0.269. The predicted molar refractivity (Wildman–Crippen MR) is 75.3 cm³/mol. The smallest absolute Gasteiger partial charge is 0.231 e. The van der Waals surface area contributed by atoms with Crippen LogP contribution in [-0.2, 0) is 0 Å². The molecule has 1 aromatic carbocycles. The van der Waals surface area contributed by atoms with Gasteiger partial charge in [-0.15, -0.1) is 0 Å². The minimum atomic E-state index is -0.269. The first-order valence-corrected chi connectivity index (χ1v) is 6.92. The summed E-state index contributed by atoms with van der Waals surface area (Å²) in [5, 5.41) is 12.0. The van der Waals surface area contributed by atoms with Gasteiger partial charge in [-0.1, -0.05) is 0 Å². The monoisotopic (exact) mass is 272 g/mol. The molecule has 0 spiro atoms. The maximum atomic E-state index is 9.85. The average molecular weight is 272 g/mol. The van der Waals surface area contributed by atoms with Crippen LogP contribution >= 0.6 is 0 Å². The molecule has 0 saturated carbocycles. The van der Waals surface area contributed by atoms with Crippen LogP contribution in [0.4, 0.5) is 5.82 Å². The average Bonchev–Trinajstić information content (AvgIpc) is 2.91. The van der Waals surface area contributed by atoms with E-state index in [1.54, 1.807) is 6.20 Å². The van der Waals surface area contributed by atoms with Crippen molar-refractivity contribution in [2.24, 2.45) is 0 Å². The third-order valence-corrected chi connectivity index (χ3v) is 3.93. The fourth-order valence-corrected chi connectivity index (χ4v) is 2.95. The Morgan fingerprint density at radius 1 is 1.25 bits per heavy atom. The molecular formula is C15H16N2O3. The molecule has 20 heavy (non-hydrogen) atoms. The summed E-state index contributed by atoms with van der Waals surface area (Å²) in [4.78, 5) is 6.66. The van der Waals surface area contributed by atoms with Crippen LogP contribution in [0.5, 0.6) is 11.5 Å². The first kappa shape index (κ1) is 11.8. The second kappa shape index (κ2) is 4.52. The first-order valence-electron chi connectivity index (χ1n) is 6.92. The lowest BCUT2D eigenvalue weighted by atomic mass is 10.1. The number of anilines is 1. The van der Waals surface area contributed by atoms with E-state index in [-0.39, 0.29) is 12.9 Å². The Labute approximate surface area is 116 Å². The number of hydrogen-bond acceptors (Lipinski definition) is 5. The van der Waals surface area contributed by atoms with Crippen LogP contribution in [0.2, 0.25) is 0 Å². The SMILES string of the molecule is O[C@H]1CCCN(c2nccc3cc4c(cc23)OCO4)C1. The molecule has 0 unspecified atom stereocenters. The number of pyridine rings is 1. The lowest BCUT2D eigenvalue weighted by molar-refractivity contribution is 0.154. The van der Waals surface area contributed by atoms with Crippen molar-refractivity contribution in [3.8, 4) is 11.5 Å². The molecule has 2 aromatic rings. The van der Waals surface area contributed by atoms with E-state index in [1.807, 2.05) is 18.2 Å². The highest BCUT2D eigenvalue weighted by molar-refractivity contribution is 5.94. The molecule has 5 heteroatoms. The zero-order valence-electron chi connectivity index (χ0n) is 11.1. The molecule has 1 saturated heterocycles. The second-order valence-electron chi connectivity index (χ2n) is 5.30. The van der Waals surface area contributed by atoms with Crippen LogP contribution in [0.3, 0.4) is 0 Å². The Kier molecular flexibility index (Phi) is 2.67. The Morgan fingerprint density at radius 3 is 2.95 bits per heavy atom. The van der Waals surface area contributed by atoms with Crippen LogP contribution in [0.15, 0.2) is 24.4 Å². The molecule has 3 heterocycles. The van der Waals surface area contributed by atoms with Crippen molar-refractivity contribution < 1.29 is 14.6 Å². The van der Waals surface area contributed by atoms with Gasteiger partial charge in [-0.25, -0.2) is 4.98 Å². The van der Waals surface area contributed by atoms with E-state index in [0.717, 1.165) is 47.5 Å². The van der Waals surface area contributed by atoms with Crippen LogP contribution in [-0.4, -0.2) is 36.1 Å². The number of fused-ring (bicyclic) bond motifs is 2. The number of benzene rings is 1. The van der Waals surface area contributed by atoms with Crippen LogP contribution < -0.4 is 14.4 Å². The van der Waals surface area contributed by atoms with E-state index in [9.17, 15) is 5.11 Å². The molecule has 5 nitrogen and oxygen atoms in total. The van der Waals surface area contributed by atoms with Crippen molar-refractivity contribution in [2.45, 2.75) is 18.9 Å². The van der Waals surface area contributed by atoms with E-state index < -0.39 is 0 Å². The van der Waals surface area contributed by atoms with Gasteiger partial charge in [0.15, 0.2) is 11.5 Å². The summed E-state index contributed by atoms with van der Waals surface area (Å²) in [5.74, 6) is 2.47. The third kappa shape index (κ3) is 1.86. The van der Waals surface area contributed by atoms with Gasteiger partial charge in [-0.05, 0) is 36.4 Å². The molecule has 2 aliphatic heterocycles. The number of aromatic nitrogens is 1. The Morgan fingerprint density at radius 2 is 2.10 bits per heavy atom. The van der Waals surface area contributed by atoms with Gasteiger partial charge < -0.3 is 19.5 Å². The van der Waals surface area contributed by atoms with Crippen molar-refractivity contribution >= 4 is 16.6 Å². The highest BCUT2D eigenvalue weighted by Gasteiger charge is 2.22. The van der Waals surface area contributed by atoms with Gasteiger partial charge in [0.2, 0.25) is 6.79 Å². The highest BCUT2D eigenvalue weighted by atomic mass is 16.7. The molecule has 0 radical (unpaired) electrons. The fourth-order valence-electron chi connectivity index (χ4n) is 2.95. The number of nitrogens with zero attached hydrogens (tertiary/aromatic N) is 2. The van der Waals surface area contributed by atoms with Gasteiger partial charge in [0.25, 0.3) is 0 Å². The fraction of sp³-hybridized carbons (Fsp3) is 0.400. The predicted octanol–water partition coefficient (Wildman–Crippen LogP) is 1.92. The van der Waals surface area contributed by atoms with Crippen LogP contribution in [0.1, 0.15) is 12.8 Å². The molecular weight excluding hydrogens is 256 g/mol. The van der Waals surface area contributed by atoms with Crippen molar-refractivity contribution in [2.75, 3.05) is 24.8 Å². The number of ether oxygens (including phenoxy) is 2. The quantitative estimate of drug-likeness (QED) is 0.859. The number of aliphatic hydroxyl groups excluding tert-OH is 1. The normalized spacial score (nSPS) is 21.4. The molecule has 0 aliphatic carbocycles. The van der Waals surface area contributed by atoms with E-state index in [4.69, 9.17) is 9.47 Å². The molecule has 104 valence electrons. The zero-order chi connectivity index (χ0) is 13.5. The summed E-state index contributed by atoms with van der Waals surface area (Å²) in [6.07, 6.45) is 3.40. The minimum Gasteiger partial charge on any atom is -0.454 e. The van der Waals surface area contributed by atoms with Crippen molar-refractivity contribution in [1.29, 1.82) is 0 Å². The molecule has 1 atom stereocenters. The summed E-state index contributed by atoms with van der Waals surface area (Å²) in [6, 6.07) is 5.95. The van der Waals surface area contributed by atoms with Gasteiger partial charge in [-0.3, -0.25) is 0 Å². The lowest BCUT2D eigenvalue weighted by Crippen LogP contribution is -2.38. The number of piperidine rings is 1. The van der Waals surface area contributed by atoms with Crippen molar-refractivity contribution in [1.82, 2.24) is 4.98 Å². The Bertz CT molecular complexity index is 659. The summed E-state index contributed by atoms with van der Waals surface area (Å²) >= 11 is 0. The summed E-state index contributed by atoms with van der Waals surface area (Å²) in [7, 11) is 0. The number of β-amino-alcohol motifs (C(OH)–C–C–N with tert-alkyl or cyclic N) is 1. The summed E-state index contributed by atoms with van der Waals surface area (Å²) < 4.78 is 10.9. The topological polar surface area (TPSA) is 54.8 Å². The molecule has 1 N–H and O–H groups in total. The molecule has 0 amide bonds. The van der Waals surface area contributed by atoms with E-state index in [2.05, 4.69) is 9.88 Å². The zero-order valence-corrected chi connectivity index (χ0v) is 11.1. The maximum absolute atomic E-state index is 9.85. The number of rotatable bonds is 1. The maximum Gasteiger partial charge on any atom is 0.231 e. The Hall–Kier alpha value is -2.01. The van der Waals surface area contributed by atoms with E-state index in [0.29, 0.717) is 6.54 Å². The van der Waals surface area contributed by atoms with Crippen molar-refractivity contribution in [3.05, 3.63) is 24.4 Å². The van der Waals surface area contributed by atoms with Gasteiger partial charge >= 0.3 is 0 Å². The van der Waals surface area contributed by atoms with Crippen LogP contribution in [0, 0.1) is 0 Å². The molecule has 4 rings (SSSR count). The lowest BCUT2D eigenvalue weighted by Gasteiger charge is -2.31. The third-order valence-electron chi connectivity index (χ3n) is 3.93. The van der Waals surface area contributed by atoms with Crippen LogP contribution in [0.25, 0.3) is 10.8 Å². The van der Waals surface area contributed by atoms with Gasteiger partial charge in [0.1, 0.15) is 5.82 Å². The highest BCUT2D eigenvalue weighted by Crippen LogP contribution is 2.38. The van der Waals surface area contributed by atoms with Crippen molar-refractivity contribution in [3.63, 3.8) is 0 Å². The number of aliphatic hydroxyl groups is 1. The standard InChI is InChI=1S/C15H16N2O3/c18-11-2-1-5-17(8-11)15-12-7-14-13(19-9-20-14)6-10(12)3-4-16-15/h3-4,6-7,11,18H,1-2,5,8-9H2/t11-/m0/s1. The van der Waals surface area contributed by atoms with Gasteiger partial charge in [0.05, 0.1) is 6.10 Å². The largest absolute Gasteiger partial charge is 0.454 e. The molecule has 2 aliphatic rings. The summed E-state index contributed by atoms with van der Waals surface area (Å²) in [5.41, 5.74) is 0. The van der Waals surface area contributed by atoms with Gasteiger partial charge in [-0.2, -0.15) is 0 Å². The van der Waals surface area contributed by atoms with E-state index >= 15 is 0 Å². The summed E-state index contributed by atoms with van der Waals surface area (Å²) in [6.45, 7) is 1.84. The molecule has 1 fully saturated rings. The second-order valence-corrected chi connectivity index (χ2v) is 5.30. The molecule has 1 aromatic heterocycles. The van der Waals surface area contributed by atoms with E-state index in [1.165, 1.54) is 0 Å². The number of hydrogen-bond donors (Lipinski definition) is 1. The molecule has 0 bridgehead atoms. The Balaban J connectivity index is 1.82. The van der Waals surface area contributed by atoms with Gasteiger partial charge in [0, 0.05) is 24.7 Å². The first-order chi connectivity index (χ1) is 9.81.